The number of carboxylic acids is 1. The molecule has 1 amide bonds. The molecule has 170 valence electrons. The van der Waals surface area contributed by atoms with Gasteiger partial charge < -0.3 is 14.7 Å². The van der Waals surface area contributed by atoms with Gasteiger partial charge in [-0.25, -0.2) is 4.39 Å². The van der Waals surface area contributed by atoms with Crippen LogP contribution in [-0.2, 0) is 35.4 Å². The second-order valence-electron chi connectivity index (χ2n) is 8.74. The topological polar surface area (TPSA) is 66.8 Å². The number of hydrogen-bond donors (Lipinski definition) is 1. The summed E-state index contributed by atoms with van der Waals surface area (Å²) in [5, 5.41) is 9.26. The van der Waals surface area contributed by atoms with Crippen LogP contribution in [0.4, 0.5) is 4.39 Å². The summed E-state index contributed by atoms with van der Waals surface area (Å²) >= 11 is 0. The number of hydrogen-bond acceptors (Lipinski definition) is 3. The molecule has 3 aromatic rings. The van der Waals surface area contributed by atoms with Crippen molar-refractivity contribution >= 4 is 11.9 Å². The number of benzene rings is 3. The molecule has 0 spiro atoms. The number of halogens is 1. The number of carbonyl (C=O) groups is 2. The van der Waals surface area contributed by atoms with E-state index in [4.69, 9.17) is 4.74 Å². The number of rotatable bonds is 8. The van der Waals surface area contributed by atoms with Crippen molar-refractivity contribution in [3.05, 3.63) is 101 Å². The van der Waals surface area contributed by atoms with Crippen molar-refractivity contribution in [3.8, 4) is 5.75 Å². The molecule has 0 aromatic heterocycles. The standard InChI is InChI=1S/C27H26FNO4/c1-27(15-21-9-5-6-10-23(21)28)16-22-13-20(11-12-24(22)33-27)14-25(30)29(18-26(31)32)17-19-7-3-2-4-8-19/h2-13H,14-18H2,1H3,(H,31,32)/t27-/m1/s1. The molecule has 0 unspecified atom stereocenters. The van der Waals surface area contributed by atoms with E-state index in [1.54, 1.807) is 12.1 Å². The van der Waals surface area contributed by atoms with E-state index in [0.29, 0.717) is 18.4 Å². The third-order valence-corrected chi connectivity index (χ3v) is 5.82. The van der Waals surface area contributed by atoms with E-state index in [1.165, 1.54) is 11.0 Å². The quantitative estimate of drug-likeness (QED) is 0.555. The number of ether oxygens (including phenoxy) is 1. The second-order valence-corrected chi connectivity index (χ2v) is 8.74. The molecule has 3 aromatic carbocycles. The Morgan fingerprint density at radius 3 is 2.48 bits per heavy atom. The van der Waals surface area contributed by atoms with Crippen LogP contribution in [0.15, 0.2) is 72.8 Å². The Hall–Kier alpha value is -3.67. The van der Waals surface area contributed by atoms with Gasteiger partial charge in [-0.05, 0) is 41.3 Å². The summed E-state index contributed by atoms with van der Waals surface area (Å²) in [7, 11) is 0. The maximum Gasteiger partial charge on any atom is 0.323 e. The smallest absolute Gasteiger partial charge is 0.323 e. The number of amides is 1. The van der Waals surface area contributed by atoms with Crippen molar-refractivity contribution in [2.75, 3.05) is 6.54 Å². The zero-order chi connectivity index (χ0) is 23.4. The Bertz CT molecular complexity index is 1160. The monoisotopic (exact) mass is 447 g/mol. The maximum atomic E-state index is 14.1. The zero-order valence-electron chi connectivity index (χ0n) is 18.5. The number of fused-ring (bicyclic) bond motifs is 1. The first kappa shape index (κ1) is 22.5. The normalized spacial score (nSPS) is 16.7. The van der Waals surface area contributed by atoms with E-state index in [9.17, 15) is 19.1 Å². The van der Waals surface area contributed by atoms with Crippen molar-refractivity contribution in [1.29, 1.82) is 0 Å². The van der Waals surface area contributed by atoms with Crippen LogP contribution in [0.2, 0.25) is 0 Å². The molecule has 0 radical (unpaired) electrons. The van der Waals surface area contributed by atoms with Gasteiger partial charge in [0.2, 0.25) is 5.91 Å². The molecule has 6 heteroatoms. The number of nitrogens with zero attached hydrogens (tertiary/aromatic N) is 1. The first-order chi connectivity index (χ1) is 15.8. The summed E-state index contributed by atoms with van der Waals surface area (Å²) in [6, 6.07) is 21.6. The fourth-order valence-corrected chi connectivity index (χ4v) is 4.31. The second kappa shape index (κ2) is 9.45. The van der Waals surface area contributed by atoms with Crippen LogP contribution in [-0.4, -0.2) is 34.0 Å². The van der Waals surface area contributed by atoms with Gasteiger partial charge in [-0.3, -0.25) is 9.59 Å². The van der Waals surface area contributed by atoms with E-state index in [0.717, 1.165) is 22.4 Å². The molecule has 1 N–H and O–H groups in total. The van der Waals surface area contributed by atoms with Crippen molar-refractivity contribution in [2.45, 2.75) is 38.3 Å². The van der Waals surface area contributed by atoms with Crippen LogP contribution in [0.5, 0.6) is 5.75 Å². The molecule has 1 heterocycles. The highest BCUT2D eigenvalue weighted by Crippen LogP contribution is 2.38. The van der Waals surface area contributed by atoms with Crippen LogP contribution in [0, 0.1) is 5.82 Å². The summed E-state index contributed by atoms with van der Waals surface area (Å²) in [6.07, 6.45) is 1.13. The highest BCUT2D eigenvalue weighted by molar-refractivity contribution is 5.83. The van der Waals surface area contributed by atoms with E-state index in [1.807, 2.05) is 61.5 Å². The lowest BCUT2D eigenvalue weighted by molar-refractivity contribution is -0.144. The van der Waals surface area contributed by atoms with E-state index < -0.39 is 11.6 Å². The number of carboxylic acid groups (broad SMARTS) is 1. The SMILES string of the molecule is C[C@@]1(Cc2ccccc2F)Cc2cc(CC(=O)N(CC(=O)O)Cc3ccccc3)ccc2O1. The molecule has 0 saturated carbocycles. The molecule has 1 aliphatic rings. The van der Waals surface area contributed by atoms with Crippen molar-refractivity contribution in [1.82, 2.24) is 4.90 Å². The number of aliphatic carboxylic acids is 1. The summed E-state index contributed by atoms with van der Waals surface area (Å²) in [5.41, 5.74) is 2.66. The van der Waals surface area contributed by atoms with Gasteiger partial charge in [0.05, 0.1) is 6.42 Å². The highest BCUT2D eigenvalue weighted by Gasteiger charge is 2.35. The largest absolute Gasteiger partial charge is 0.487 e. The predicted molar refractivity (Wildman–Crippen MR) is 122 cm³/mol. The van der Waals surface area contributed by atoms with Gasteiger partial charge in [0, 0.05) is 19.4 Å². The van der Waals surface area contributed by atoms with Crippen LogP contribution in [0.25, 0.3) is 0 Å². The van der Waals surface area contributed by atoms with Crippen molar-refractivity contribution < 1.29 is 23.8 Å². The Kier molecular flexibility index (Phi) is 6.45. The maximum absolute atomic E-state index is 14.1. The molecule has 1 atom stereocenters. The fraction of sp³-hybridized carbons (Fsp3) is 0.259. The first-order valence-corrected chi connectivity index (χ1v) is 10.9. The molecule has 4 rings (SSSR count). The third kappa shape index (κ3) is 5.58. The summed E-state index contributed by atoms with van der Waals surface area (Å²) in [4.78, 5) is 25.6. The summed E-state index contributed by atoms with van der Waals surface area (Å²) < 4.78 is 20.3. The van der Waals surface area contributed by atoms with Gasteiger partial charge in [-0.1, -0.05) is 60.7 Å². The van der Waals surface area contributed by atoms with Gasteiger partial charge in [0.15, 0.2) is 0 Å². The molecular weight excluding hydrogens is 421 g/mol. The van der Waals surface area contributed by atoms with Gasteiger partial charge in [0.25, 0.3) is 0 Å². The Morgan fingerprint density at radius 2 is 1.76 bits per heavy atom. The molecule has 0 fully saturated rings. The zero-order valence-corrected chi connectivity index (χ0v) is 18.5. The lowest BCUT2D eigenvalue weighted by Gasteiger charge is -2.24. The number of carbonyl (C=O) groups excluding carboxylic acids is 1. The van der Waals surface area contributed by atoms with Crippen molar-refractivity contribution in [2.24, 2.45) is 0 Å². The van der Waals surface area contributed by atoms with Crippen LogP contribution in [0.1, 0.15) is 29.2 Å². The van der Waals surface area contributed by atoms with E-state index >= 15 is 0 Å². The van der Waals surface area contributed by atoms with E-state index in [2.05, 4.69) is 0 Å². The van der Waals surface area contributed by atoms with Crippen LogP contribution in [0.3, 0.4) is 0 Å². The third-order valence-electron chi connectivity index (χ3n) is 5.82. The molecule has 0 saturated heterocycles. The molecular formula is C27H26FNO4. The highest BCUT2D eigenvalue weighted by atomic mass is 19.1. The molecule has 33 heavy (non-hydrogen) atoms. The first-order valence-electron chi connectivity index (χ1n) is 10.9. The average Bonchev–Trinajstić information content (AvgIpc) is 3.10. The average molecular weight is 448 g/mol. The Morgan fingerprint density at radius 1 is 1.03 bits per heavy atom. The summed E-state index contributed by atoms with van der Waals surface area (Å²) in [6.45, 7) is 1.84. The van der Waals surface area contributed by atoms with Gasteiger partial charge in [-0.15, -0.1) is 0 Å². The Balaban J connectivity index is 1.46. The fourth-order valence-electron chi connectivity index (χ4n) is 4.31. The van der Waals surface area contributed by atoms with Gasteiger partial charge in [-0.2, -0.15) is 0 Å². The Labute approximate surface area is 192 Å². The van der Waals surface area contributed by atoms with Gasteiger partial charge in [0.1, 0.15) is 23.7 Å². The van der Waals surface area contributed by atoms with Crippen LogP contribution < -0.4 is 4.74 Å². The molecule has 0 bridgehead atoms. The molecule has 0 aliphatic carbocycles. The van der Waals surface area contributed by atoms with E-state index in [-0.39, 0.29) is 31.2 Å². The molecule has 1 aliphatic heterocycles. The van der Waals surface area contributed by atoms with Crippen molar-refractivity contribution in [3.63, 3.8) is 0 Å². The molecule has 5 nitrogen and oxygen atoms in total. The minimum absolute atomic E-state index is 0.0947. The lowest BCUT2D eigenvalue weighted by atomic mass is 9.91. The lowest BCUT2D eigenvalue weighted by Crippen LogP contribution is -2.36. The van der Waals surface area contributed by atoms with Crippen LogP contribution >= 0.6 is 0 Å². The van der Waals surface area contributed by atoms with Gasteiger partial charge >= 0.3 is 5.97 Å². The summed E-state index contributed by atoms with van der Waals surface area (Å²) in [5.74, 6) is -0.821. The minimum Gasteiger partial charge on any atom is -0.487 e. The minimum atomic E-state index is -1.05. The predicted octanol–water partition coefficient (Wildman–Crippen LogP) is 4.42.